The molecule has 37 heavy (non-hydrogen) atoms. The molecule has 6 nitrogen and oxygen atoms in total. The Morgan fingerprint density at radius 2 is 1.76 bits per heavy atom. The van der Waals surface area contributed by atoms with E-state index >= 15 is 0 Å². The van der Waals surface area contributed by atoms with Crippen LogP contribution in [0, 0.1) is 6.92 Å². The summed E-state index contributed by atoms with van der Waals surface area (Å²) in [4.78, 5) is 19.2. The molecule has 3 aromatic carbocycles. The summed E-state index contributed by atoms with van der Waals surface area (Å²) in [6.07, 6.45) is 3.17. The van der Waals surface area contributed by atoms with Crippen LogP contribution in [0.3, 0.4) is 0 Å². The van der Waals surface area contributed by atoms with Crippen LogP contribution in [0.15, 0.2) is 103 Å². The van der Waals surface area contributed by atoms with Crippen molar-refractivity contribution in [1.82, 2.24) is 14.5 Å². The topological polar surface area (TPSA) is 72.3 Å². The van der Waals surface area contributed by atoms with Gasteiger partial charge in [0.05, 0.1) is 30.7 Å². The number of carbonyl (C=O) groups excluding carboxylic acids is 1. The molecule has 0 N–H and O–H groups in total. The summed E-state index contributed by atoms with van der Waals surface area (Å²) < 4.78 is 28.7. The molecule has 0 aliphatic heterocycles. The number of aryl methyl sites for hydroxylation is 1. The molecule has 1 amide bonds. The highest BCUT2D eigenvalue weighted by Gasteiger charge is 2.26. The summed E-state index contributed by atoms with van der Waals surface area (Å²) in [5.74, 6) is -0.407. The van der Waals surface area contributed by atoms with Crippen LogP contribution in [0.4, 0.5) is 0 Å². The number of rotatable bonds is 10. The van der Waals surface area contributed by atoms with Crippen molar-refractivity contribution < 1.29 is 13.2 Å². The quantitative estimate of drug-likeness (QED) is 0.245. The number of aromatic nitrogens is 2. The molecule has 0 saturated carbocycles. The summed E-state index contributed by atoms with van der Waals surface area (Å²) in [6.45, 7) is 6.46. The predicted molar refractivity (Wildman–Crippen MR) is 146 cm³/mol. The number of sulfone groups is 1. The number of carbonyl (C=O) groups is 1. The molecule has 1 heterocycles. The molecule has 0 saturated heterocycles. The fourth-order valence-corrected chi connectivity index (χ4v) is 5.73. The third kappa shape index (κ3) is 6.56. The highest BCUT2D eigenvalue weighted by Crippen LogP contribution is 2.22. The first-order chi connectivity index (χ1) is 17.8. The van der Waals surface area contributed by atoms with Crippen molar-refractivity contribution in [1.29, 1.82) is 0 Å². The SMILES string of the molecule is C=CCN(Cc1cnc(S(=O)(=O)Cc2ccc(C)cc2)n1Cc1ccccc1)C(=O)c1cccc(Cl)c1. The van der Waals surface area contributed by atoms with Gasteiger partial charge in [-0.05, 0) is 36.2 Å². The zero-order valence-corrected chi connectivity index (χ0v) is 22.1. The number of amides is 1. The number of nitrogens with zero attached hydrogens (tertiary/aromatic N) is 3. The zero-order chi connectivity index (χ0) is 26.4. The molecular formula is C29H28ClN3O3S. The maximum Gasteiger partial charge on any atom is 0.254 e. The second-order valence-corrected chi connectivity index (χ2v) is 11.2. The highest BCUT2D eigenvalue weighted by atomic mass is 35.5. The second-order valence-electron chi connectivity index (χ2n) is 8.83. The lowest BCUT2D eigenvalue weighted by atomic mass is 10.2. The number of hydrogen-bond acceptors (Lipinski definition) is 4. The molecule has 0 unspecified atom stereocenters. The summed E-state index contributed by atoms with van der Waals surface area (Å²) >= 11 is 6.10. The van der Waals surface area contributed by atoms with Crippen LogP contribution in [0.25, 0.3) is 0 Å². The lowest BCUT2D eigenvalue weighted by Gasteiger charge is -2.22. The summed E-state index contributed by atoms with van der Waals surface area (Å²) in [5, 5.41) is 0.434. The van der Waals surface area contributed by atoms with Gasteiger partial charge in [0.25, 0.3) is 5.91 Å². The van der Waals surface area contributed by atoms with Gasteiger partial charge in [-0.15, -0.1) is 6.58 Å². The molecule has 8 heteroatoms. The van der Waals surface area contributed by atoms with Gasteiger partial charge in [0.15, 0.2) is 0 Å². The minimum Gasteiger partial charge on any atom is -0.329 e. The third-order valence-electron chi connectivity index (χ3n) is 5.90. The first kappa shape index (κ1) is 26.4. The van der Waals surface area contributed by atoms with Crippen LogP contribution < -0.4 is 0 Å². The average molecular weight is 534 g/mol. The molecule has 1 aromatic heterocycles. The molecular weight excluding hydrogens is 506 g/mol. The maximum absolute atomic E-state index is 13.5. The van der Waals surface area contributed by atoms with Gasteiger partial charge in [-0.1, -0.05) is 83.9 Å². The Hall–Kier alpha value is -3.68. The number of benzene rings is 3. The van der Waals surface area contributed by atoms with E-state index in [0.29, 0.717) is 28.4 Å². The summed E-state index contributed by atoms with van der Waals surface area (Å²) in [6, 6.07) is 23.7. The molecule has 0 spiro atoms. The largest absolute Gasteiger partial charge is 0.329 e. The number of hydrogen-bond donors (Lipinski definition) is 0. The maximum atomic E-state index is 13.5. The van der Waals surface area contributed by atoms with Gasteiger partial charge in [0.2, 0.25) is 15.0 Å². The summed E-state index contributed by atoms with van der Waals surface area (Å²) in [7, 11) is -3.77. The van der Waals surface area contributed by atoms with E-state index < -0.39 is 9.84 Å². The molecule has 190 valence electrons. The Labute approximate surface area is 222 Å². The van der Waals surface area contributed by atoms with Crippen LogP contribution in [-0.4, -0.2) is 35.3 Å². The van der Waals surface area contributed by atoms with Gasteiger partial charge < -0.3 is 9.47 Å². The molecule has 4 aromatic rings. The number of halogens is 1. The van der Waals surface area contributed by atoms with E-state index in [-0.39, 0.29) is 29.9 Å². The van der Waals surface area contributed by atoms with Crippen molar-refractivity contribution in [2.45, 2.75) is 30.9 Å². The van der Waals surface area contributed by atoms with Crippen LogP contribution in [0.2, 0.25) is 5.02 Å². The second kappa shape index (κ2) is 11.6. The van der Waals surface area contributed by atoms with E-state index in [4.69, 9.17) is 11.6 Å². The molecule has 0 fully saturated rings. The first-order valence-electron chi connectivity index (χ1n) is 11.8. The van der Waals surface area contributed by atoms with Crippen LogP contribution >= 0.6 is 11.6 Å². The average Bonchev–Trinajstić information content (AvgIpc) is 3.28. The third-order valence-corrected chi connectivity index (χ3v) is 7.73. The van der Waals surface area contributed by atoms with Gasteiger partial charge >= 0.3 is 0 Å². The normalized spacial score (nSPS) is 11.3. The van der Waals surface area contributed by atoms with Gasteiger partial charge in [-0.25, -0.2) is 13.4 Å². The fraction of sp³-hybridized carbons (Fsp3) is 0.172. The van der Waals surface area contributed by atoms with Gasteiger partial charge in [0.1, 0.15) is 0 Å². The molecule has 0 radical (unpaired) electrons. The Kier molecular flexibility index (Phi) is 8.26. The van der Waals surface area contributed by atoms with E-state index in [9.17, 15) is 13.2 Å². The number of imidazole rings is 1. The van der Waals surface area contributed by atoms with Crippen molar-refractivity contribution >= 4 is 27.3 Å². The van der Waals surface area contributed by atoms with Gasteiger partial charge in [0, 0.05) is 17.1 Å². The Morgan fingerprint density at radius 3 is 2.43 bits per heavy atom. The zero-order valence-electron chi connectivity index (χ0n) is 20.5. The van der Waals surface area contributed by atoms with Gasteiger partial charge in [-0.2, -0.15) is 0 Å². The molecule has 0 atom stereocenters. The first-order valence-corrected chi connectivity index (χ1v) is 13.8. The predicted octanol–water partition coefficient (Wildman–Crippen LogP) is 5.70. The lowest BCUT2D eigenvalue weighted by Crippen LogP contribution is -2.32. The van der Waals surface area contributed by atoms with Crippen molar-refractivity contribution in [3.05, 3.63) is 131 Å². The summed E-state index contributed by atoms with van der Waals surface area (Å²) in [5.41, 5.74) is 3.70. The smallest absolute Gasteiger partial charge is 0.254 e. The van der Waals surface area contributed by atoms with Crippen LogP contribution in [-0.2, 0) is 28.7 Å². The standard InChI is InChI=1S/C29H28ClN3O3S/c1-3-16-32(28(34)25-10-7-11-26(30)17-25)20-27-18-31-29(33(27)19-23-8-5-4-6-9-23)37(35,36)21-24-14-12-22(2)13-15-24/h3-15,17-18H,1,16,19-21H2,2H3. The van der Waals surface area contributed by atoms with Crippen molar-refractivity contribution in [3.8, 4) is 0 Å². The molecule has 4 rings (SSSR count). The molecule has 0 aliphatic carbocycles. The van der Waals surface area contributed by atoms with E-state index in [0.717, 1.165) is 11.1 Å². The Balaban J connectivity index is 1.71. The minimum atomic E-state index is -3.77. The van der Waals surface area contributed by atoms with E-state index in [2.05, 4.69) is 11.6 Å². The van der Waals surface area contributed by atoms with Crippen molar-refractivity contribution in [2.24, 2.45) is 0 Å². The van der Waals surface area contributed by atoms with Gasteiger partial charge in [-0.3, -0.25) is 4.79 Å². The van der Waals surface area contributed by atoms with E-state index in [1.807, 2.05) is 61.5 Å². The monoisotopic (exact) mass is 533 g/mol. The van der Waals surface area contributed by atoms with Crippen LogP contribution in [0.5, 0.6) is 0 Å². The van der Waals surface area contributed by atoms with Crippen molar-refractivity contribution in [2.75, 3.05) is 6.54 Å². The van der Waals surface area contributed by atoms with Crippen LogP contribution in [0.1, 0.15) is 32.7 Å². The Bertz CT molecular complexity index is 1500. The minimum absolute atomic E-state index is 0.0271. The highest BCUT2D eigenvalue weighted by molar-refractivity contribution is 7.90. The van der Waals surface area contributed by atoms with E-state index in [1.165, 1.54) is 6.20 Å². The Morgan fingerprint density at radius 1 is 1.03 bits per heavy atom. The van der Waals surface area contributed by atoms with Crippen molar-refractivity contribution in [3.63, 3.8) is 0 Å². The van der Waals surface area contributed by atoms with E-state index in [1.54, 1.807) is 39.8 Å². The fourth-order valence-electron chi connectivity index (χ4n) is 4.04. The molecule has 0 aliphatic rings. The lowest BCUT2D eigenvalue weighted by molar-refractivity contribution is 0.0759. The molecule has 0 bridgehead atoms.